The Morgan fingerprint density at radius 3 is 2.25 bits per heavy atom. The van der Waals surface area contributed by atoms with E-state index < -0.39 is 0 Å². The van der Waals surface area contributed by atoms with E-state index in [0.717, 1.165) is 22.4 Å². The van der Waals surface area contributed by atoms with Crippen LogP contribution in [0.2, 0.25) is 0 Å². The molecule has 0 aliphatic heterocycles. The Bertz CT molecular complexity index is 1070. The molecule has 5 rings (SSSR count). The van der Waals surface area contributed by atoms with E-state index >= 15 is 0 Å². The highest BCUT2D eigenvalue weighted by molar-refractivity contribution is 5.83. The third-order valence-electron chi connectivity index (χ3n) is 4.32. The predicted molar refractivity (Wildman–Crippen MR) is 95.7 cm³/mol. The highest BCUT2D eigenvalue weighted by Gasteiger charge is 2.12. The van der Waals surface area contributed by atoms with Gasteiger partial charge >= 0.3 is 0 Å². The first kappa shape index (κ1) is 13.1. The minimum Gasteiger partial charge on any atom is -0.314 e. The van der Waals surface area contributed by atoms with E-state index in [9.17, 15) is 0 Å². The molecule has 0 bridgehead atoms. The summed E-state index contributed by atoms with van der Waals surface area (Å²) in [6.45, 7) is 0. The van der Waals surface area contributed by atoms with Crippen molar-refractivity contribution in [3.05, 3.63) is 85.1 Å². The van der Waals surface area contributed by atoms with Gasteiger partial charge in [-0.15, -0.1) is 5.10 Å². The van der Waals surface area contributed by atoms with Crippen LogP contribution in [0, 0.1) is 0 Å². The van der Waals surface area contributed by atoms with Crippen LogP contribution >= 0.6 is 0 Å². The molecule has 3 aromatic carbocycles. The zero-order chi connectivity index (χ0) is 15.9. The molecule has 4 heteroatoms. The van der Waals surface area contributed by atoms with E-state index in [4.69, 9.17) is 0 Å². The third kappa shape index (κ3) is 1.86. The van der Waals surface area contributed by atoms with Crippen LogP contribution in [-0.4, -0.2) is 19.6 Å². The molecule has 114 valence electrons. The van der Waals surface area contributed by atoms with Crippen molar-refractivity contribution in [3.63, 3.8) is 0 Å². The van der Waals surface area contributed by atoms with Gasteiger partial charge in [-0.05, 0) is 41.8 Å². The molecule has 0 aliphatic rings. The summed E-state index contributed by atoms with van der Waals surface area (Å²) >= 11 is 0. The van der Waals surface area contributed by atoms with Crippen molar-refractivity contribution in [1.29, 1.82) is 0 Å². The predicted octanol–water partition coefficient (Wildman–Crippen LogP) is 4.36. The normalized spacial score (nSPS) is 11.3. The average Bonchev–Trinajstić information content (AvgIpc) is 3.26. The summed E-state index contributed by atoms with van der Waals surface area (Å²) in [7, 11) is 0. The van der Waals surface area contributed by atoms with Crippen molar-refractivity contribution in [3.8, 4) is 11.4 Å². The van der Waals surface area contributed by atoms with Crippen LogP contribution in [0.1, 0.15) is 0 Å². The fourth-order valence-electron chi connectivity index (χ4n) is 3.19. The van der Waals surface area contributed by atoms with Gasteiger partial charge in [-0.2, -0.15) is 0 Å². The number of para-hydroxylation sites is 4. The summed E-state index contributed by atoms with van der Waals surface area (Å²) in [4.78, 5) is 0. The summed E-state index contributed by atoms with van der Waals surface area (Å²) in [5, 5.41) is 9.87. The van der Waals surface area contributed by atoms with Gasteiger partial charge in [0.2, 0.25) is 0 Å². The number of hydrogen-bond acceptors (Lipinski definition) is 2. The van der Waals surface area contributed by atoms with Gasteiger partial charge in [0.25, 0.3) is 0 Å². The molecule has 0 atom stereocenters. The number of hydrogen-bond donors (Lipinski definition) is 0. The number of rotatable bonds is 2. The van der Waals surface area contributed by atoms with E-state index in [2.05, 4.69) is 63.5 Å². The highest BCUT2D eigenvalue weighted by atomic mass is 15.4. The molecule has 24 heavy (non-hydrogen) atoms. The standard InChI is InChI=1S/C20H14N4/c1-3-9-17-15(7-1)13-14-23(17)19-11-5-6-12-20(19)24-18-10-4-2-8-16(18)21-22-24/h1-14H. The van der Waals surface area contributed by atoms with Crippen molar-refractivity contribution in [2.75, 3.05) is 0 Å². The molecule has 0 N–H and O–H groups in total. The fourth-order valence-corrected chi connectivity index (χ4v) is 3.19. The Morgan fingerprint density at radius 1 is 0.625 bits per heavy atom. The lowest BCUT2D eigenvalue weighted by molar-refractivity contribution is 0.817. The summed E-state index contributed by atoms with van der Waals surface area (Å²) in [5.41, 5.74) is 5.15. The number of fused-ring (bicyclic) bond motifs is 2. The second-order valence-electron chi connectivity index (χ2n) is 5.72. The van der Waals surface area contributed by atoms with Crippen molar-refractivity contribution in [2.24, 2.45) is 0 Å². The zero-order valence-electron chi connectivity index (χ0n) is 12.9. The Hall–Kier alpha value is -3.40. The van der Waals surface area contributed by atoms with E-state index in [1.165, 1.54) is 10.9 Å². The summed E-state index contributed by atoms with van der Waals surface area (Å²) in [6.07, 6.45) is 2.10. The quantitative estimate of drug-likeness (QED) is 0.485. The Morgan fingerprint density at radius 2 is 1.33 bits per heavy atom. The van der Waals surface area contributed by atoms with E-state index in [-0.39, 0.29) is 0 Å². The lowest BCUT2D eigenvalue weighted by atomic mass is 10.2. The molecular formula is C20H14N4. The maximum atomic E-state index is 4.37. The molecular weight excluding hydrogens is 296 g/mol. The first-order chi connectivity index (χ1) is 11.9. The summed E-state index contributed by atoms with van der Waals surface area (Å²) < 4.78 is 4.10. The lowest BCUT2D eigenvalue weighted by Crippen LogP contribution is -2.03. The van der Waals surface area contributed by atoms with E-state index in [1.807, 2.05) is 41.1 Å². The second kappa shape index (κ2) is 5.06. The van der Waals surface area contributed by atoms with Crippen LogP contribution in [0.4, 0.5) is 0 Å². The minimum absolute atomic E-state index is 0.893. The van der Waals surface area contributed by atoms with Crippen LogP contribution in [0.5, 0.6) is 0 Å². The topological polar surface area (TPSA) is 35.6 Å². The number of aromatic nitrogens is 4. The lowest BCUT2D eigenvalue weighted by Gasteiger charge is -2.12. The second-order valence-corrected chi connectivity index (χ2v) is 5.72. The Kier molecular flexibility index (Phi) is 2.76. The van der Waals surface area contributed by atoms with Gasteiger partial charge < -0.3 is 4.57 Å². The fraction of sp³-hybridized carbons (Fsp3) is 0. The molecule has 0 aliphatic carbocycles. The van der Waals surface area contributed by atoms with E-state index in [1.54, 1.807) is 0 Å². The third-order valence-corrected chi connectivity index (χ3v) is 4.32. The molecule has 2 heterocycles. The molecule has 2 aromatic heterocycles. The molecule has 0 spiro atoms. The van der Waals surface area contributed by atoms with Crippen LogP contribution in [0.15, 0.2) is 85.1 Å². The molecule has 5 aromatic rings. The van der Waals surface area contributed by atoms with E-state index in [0.29, 0.717) is 0 Å². The molecule has 0 unspecified atom stereocenters. The summed E-state index contributed by atoms with van der Waals surface area (Å²) in [6, 6.07) is 26.8. The zero-order valence-corrected chi connectivity index (χ0v) is 12.9. The average molecular weight is 310 g/mol. The largest absolute Gasteiger partial charge is 0.314 e. The van der Waals surface area contributed by atoms with Gasteiger partial charge in [0.15, 0.2) is 0 Å². The molecule has 4 nitrogen and oxygen atoms in total. The molecule has 0 radical (unpaired) electrons. The monoisotopic (exact) mass is 310 g/mol. The van der Waals surface area contributed by atoms with Crippen molar-refractivity contribution in [2.45, 2.75) is 0 Å². The van der Waals surface area contributed by atoms with Crippen molar-refractivity contribution < 1.29 is 0 Å². The van der Waals surface area contributed by atoms with Crippen LogP contribution < -0.4 is 0 Å². The van der Waals surface area contributed by atoms with Gasteiger partial charge in [-0.1, -0.05) is 47.7 Å². The molecule has 0 saturated carbocycles. The first-order valence-electron chi connectivity index (χ1n) is 7.88. The molecule has 0 fully saturated rings. The van der Waals surface area contributed by atoms with Crippen LogP contribution in [-0.2, 0) is 0 Å². The van der Waals surface area contributed by atoms with Gasteiger partial charge in [-0.3, -0.25) is 0 Å². The maximum Gasteiger partial charge on any atom is 0.113 e. The molecule has 0 amide bonds. The first-order valence-corrected chi connectivity index (χ1v) is 7.88. The smallest absolute Gasteiger partial charge is 0.113 e. The van der Waals surface area contributed by atoms with Crippen molar-refractivity contribution >= 4 is 21.9 Å². The molecule has 0 saturated heterocycles. The van der Waals surface area contributed by atoms with Crippen LogP contribution in [0.3, 0.4) is 0 Å². The Balaban J connectivity index is 1.80. The number of nitrogens with zero attached hydrogens (tertiary/aromatic N) is 4. The van der Waals surface area contributed by atoms with Crippen LogP contribution in [0.25, 0.3) is 33.3 Å². The van der Waals surface area contributed by atoms with Gasteiger partial charge in [0.05, 0.1) is 22.4 Å². The van der Waals surface area contributed by atoms with Gasteiger partial charge in [0, 0.05) is 6.20 Å². The van der Waals surface area contributed by atoms with Crippen molar-refractivity contribution in [1.82, 2.24) is 19.6 Å². The Labute approximate surface area is 138 Å². The maximum absolute atomic E-state index is 4.37. The summed E-state index contributed by atoms with van der Waals surface area (Å²) in [5.74, 6) is 0. The minimum atomic E-state index is 0.893. The SMILES string of the molecule is c1ccc(-n2nnc3ccccc32)c(-n2ccc3ccccc32)c1. The highest BCUT2D eigenvalue weighted by Crippen LogP contribution is 2.26. The number of benzene rings is 3. The van der Waals surface area contributed by atoms with Gasteiger partial charge in [0.1, 0.15) is 5.52 Å². The van der Waals surface area contributed by atoms with Gasteiger partial charge in [-0.25, -0.2) is 4.68 Å².